The van der Waals surface area contributed by atoms with Gasteiger partial charge in [0.05, 0.1) is 19.4 Å². The highest BCUT2D eigenvalue weighted by atomic mass is 16.6. The minimum atomic E-state index is -0.476. The lowest BCUT2D eigenvalue weighted by molar-refractivity contribution is 0.0503. The lowest BCUT2D eigenvalue weighted by Gasteiger charge is -2.23. The van der Waals surface area contributed by atoms with Crippen LogP contribution in [0, 0.1) is 5.92 Å². The van der Waals surface area contributed by atoms with Crippen LogP contribution < -0.4 is 5.32 Å². The van der Waals surface area contributed by atoms with Gasteiger partial charge in [0.1, 0.15) is 5.60 Å². The number of carbonyl (C=O) groups excluding carboxylic acids is 1. The van der Waals surface area contributed by atoms with Crippen molar-refractivity contribution < 1.29 is 14.3 Å². The Morgan fingerprint density at radius 2 is 1.88 bits per heavy atom. The highest BCUT2D eigenvalue weighted by molar-refractivity contribution is 5.68. The molecule has 0 bridgehead atoms. The Morgan fingerprint density at radius 1 is 1.31 bits per heavy atom. The number of rotatable bonds is 4. The summed E-state index contributed by atoms with van der Waals surface area (Å²) >= 11 is 0. The number of alkyl carbamates (subject to hydrolysis) is 1. The molecule has 0 saturated heterocycles. The Kier molecular flexibility index (Phi) is 5.93. The van der Waals surface area contributed by atoms with Gasteiger partial charge in [0.2, 0.25) is 0 Å². The van der Waals surface area contributed by atoms with Gasteiger partial charge >= 0.3 is 6.09 Å². The second-order valence-corrected chi connectivity index (χ2v) is 4.98. The Bertz CT molecular complexity index is 241. The van der Waals surface area contributed by atoms with E-state index in [2.05, 4.69) is 5.32 Å². The van der Waals surface area contributed by atoms with Crippen LogP contribution in [0.25, 0.3) is 0 Å². The molecule has 0 fully saturated rings. The number of amides is 1. The van der Waals surface area contributed by atoms with Crippen molar-refractivity contribution in [1.82, 2.24) is 5.32 Å². The van der Waals surface area contributed by atoms with Crippen LogP contribution in [-0.2, 0) is 9.47 Å². The quantitative estimate of drug-likeness (QED) is 0.754. The molecule has 1 amide bonds. The third kappa shape index (κ3) is 7.15. The molecule has 4 heteroatoms. The standard InChI is InChI=1S/C12H23NO3/c1-9(2)10(7-8-15-6)13-11(14)16-12(3,4)5/h7-10H,1-6H3,(H,13,14)/b8-7+/t10-/m1/s1. The van der Waals surface area contributed by atoms with Crippen LogP contribution in [0.15, 0.2) is 12.3 Å². The number of methoxy groups -OCH3 is 1. The smallest absolute Gasteiger partial charge is 0.408 e. The van der Waals surface area contributed by atoms with E-state index in [1.807, 2.05) is 34.6 Å². The summed E-state index contributed by atoms with van der Waals surface area (Å²) in [5, 5.41) is 2.78. The first-order valence-corrected chi connectivity index (χ1v) is 5.45. The molecule has 4 nitrogen and oxygen atoms in total. The fourth-order valence-corrected chi connectivity index (χ4v) is 1.04. The normalized spacial score (nSPS) is 13.9. The van der Waals surface area contributed by atoms with Crippen LogP contribution in [0.4, 0.5) is 4.79 Å². The first kappa shape index (κ1) is 14.8. The largest absolute Gasteiger partial charge is 0.505 e. The van der Waals surface area contributed by atoms with Gasteiger partial charge in [-0.3, -0.25) is 0 Å². The van der Waals surface area contributed by atoms with Crippen molar-refractivity contribution in [3.8, 4) is 0 Å². The number of hydrogen-bond acceptors (Lipinski definition) is 3. The summed E-state index contributed by atoms with van der Waals surface area (Å²) < 4.78 is 10.0. The average Bonchev–Trinajstić information content (AvgIpc) is 2.08. The predicted octanol–water partition coefficient (Wildman–Crippen LogP) is 2.70. The van der Waals surface area contributed by atoms with Crippen molar-refractivity contribution in [2.24, 2.45) is 5.92 Å². The van der Waals surface area contributed by atoms with E-state index in [0.29, 0.717) is 0 Å². The molecule has 0 radical (unpaired) electrons. The van der Waals surface area contributed by atoms with Gasteiger partial charge in [-0.15, -0.1) is 0 Å². The topological polar surface area (TPSA) is 47.6 Å². The van der Waals surface area contributed by atoms with Crippen molar-refractivity contribution >= 4 is 6.09 Å². The summed E-state index contributed by atoms with van der Waals surface area (Å²) in [6.45, 7) is 9.54. The van der Waals surface area contributed by atoms with Crippen LogP contribution in [0.1, 0.15) is 34.6 Å². The molecule has 0 rings (SSSR count). The molecule has 0 heterocycles. The molecule has 0 aliphatic carbocycles. The monoisotopic (exact) mass is 229 g/mol. The van der Waals surface area contributed by atoms with E-state index in [1.165, 1.54) is 0 Å². The van der Waals surface area contributed by atoms with Crippen molar-refractivity contribution in [2.45, 2.75) is 46.3 Å². The lowest BCUT2D eigenvalue weighted by Crippen LogP contribution is -2.40. The highest BCUT2D eigenvalue weighted by Crippen LogP contribution is 2.09. The third-order valence-electron chi connectivity index (χ3n) is 1.82. The Hall–Kier alpha value is -1.19. The molecule has 1 N–H and O–H groups in total. The molecule has 94 valence electrons. The van der Waals surface area contributed by atoms with E-state index in [9.17, 15) is 4.79 Å². The molecule has 16 heavy (non-hydrogen) atoms. The first-order chi connectivity index (χ1) is 7.26. The summed E-state index contributed by atoms with van der Waals surface area (Å²) in [6.07, 6.45) is 2.95. The van der Waals surface area contributed by atoms with Gasteiger partial charge < -0.3 is 14.8 Å². The summed E-state index contributed by atoms with van der Waals surface area (Å²) in [5.74, 6) is 0.277. The van der Waals surface area contributed by atoms with Gasteiger partial charge in [-0.05, 0) is 32.8 Å². The number of hydrogen-bond donors (Lipinski definition) is 1. The lowest BCUT2D eigenvalue weighted by atomic mass is 10.1. The van der Waals surface area contributed by atoms with Crippen LogP contribution in [0.3, 0.4) is 0 Å². The Labute approximate surface area is 98.0 Å². The molecule has 1 atom stereocenters. The van der Waals surface area contributed by atoms with Gasteiger partial charge in [-0.25, -0.2) is 4.79 Å². The molecule has 0 aliphatic heterocycles. The van der Waals surface area contributed by atoms with E-state index in [-0.39, 0.29) is 12.0 Å². The second-order valence-electron chi connectivity index (χ2n) is 4.98. The van der Waals surface area contributed by atoms with Gasteiger partial charge in [-0.2, -0.15) is 0 Å². The minimum Gasteiger partial charge on any atom is -0.505 e. The average molecular weight is 229 g/mol. The summed E-state index contributed by atoms with van der Waals surface area (Å²) in [7, 11) is 1.57. The molecule has 0 spiro atoms. The molecular weight excluding hydrogens is 206 g/mol. The predicted molar refractivity (Wildman–Crippen MR) is 64.1 cm³/mol. The zero-order valence-electron chi connectivity index (χ0n) is 11.0. The van der Waals surface area contributed by atoms with Crippen molar-refractivity contribution in [1.29, 1.82) is 0 Å². The Morgan fingerprint density at radius 3 is 2.25 bits per heavy atom. The van der Waals surface area contributed by atoms with E-state index < -0.39 is 11.7 Å². The van der Waals surface area contributed by atoms with Crippen LogP contribution in [0.2, 0.25) is 0 Å². The zero-order chi connectivity index (χ0) is 12.8. The van der Waals surface area contributed by atoms with Crippen LogP contribution in [0.5, 0.6) is 0 Å². The highest BCUT2D eigenvalue weighted by Gasteiger charge is 2.19. The molecule has 0 saturated carbocycles. The van der Waals surface area contributed by atoms with Gasteiger partial charge in [-0.1, -0.05) is 13.8 Å². The second kappa shape index (κ2) is 6.40. The molecule has 0 unspecified atom stereocenters. The van der Waals surface area contributed by atoms with Crippen LogP contribution in [-0.4, -0.2) is 24.8 Å². The fraction of sp³-hybridized carbons (Fsp3) is 0.750. The molecule has 0 aliphatic rings. The summed E-state index contributed by atoms with van der Waals surface area (Å²) in [4.78, 5) is 11.5. The van der Waals surface area contributed by atoms with Gasteiger partial charge in [0.25, 0.3) is 0 Å². The third-order valence-corrected chi connectivity index (χ3v) is 1.82. The van der Waals surface area contributed by atoms with Gasteiger partial charge in [0, 0.05) is 0 Å². The minimum absolute atomic E-state index is 0.0881. The summed E-state index contributed by atoms with van der Waals surface area (Å²) in [6, 6.07) is -0.0881. The van der Waals surface area contributed by atoms with Gasteiger partial charge in [0.15, 0.2) is 0 Å². The maximum atomic E-state index is 11.5. The Balaban J connectivity index is 4.30. The van der Waals surface area contributed by atoms with E-state index in [1.54, 1.807) is 19.4 Å². The van der Waals surface area contributed by atoms with Crippen LogP contribution >= 0.6 is 0 Å². The van der Waals surface area contributed by atoms with E-state index >= 15 is 0 Å². The van der Waals surface area contributed by atoms with Crippen molar-refractivity contribution in [3.05, 3.63) is 12.3 Å². The maximum Gasteiger partial charge on any atom is 0.408 e. The zero-order valence-corrected chi connectivity index (χ0v) is 11.0. The number of ether oxygens (including phenoxy) is 2. The fourth-order valence-electron chi connectivity index (χ4n) is 1.04. The number of nitrogens with one attached hydrogen (secondary N) is 1. The molecule has 0 aromatic rings. The maximum absolute atomic E-state index is 11.5. The van der Waals surface area contributed by atoms with Crippen molar-refractivity contribution in [2.75, 3.05) is 7.11 Å². The molecular formula is C12H23NO3. The first-order valence-electron chi connectivity index (χ1n) is 5.45. The summed E-state index contributed by atoms with van der Waals surface area (Å²) in [5.41, 5.74) is -0.476. The molecule has 0 aromatic carbocycles. The SMILES string of the molecule is CO/C=C/[C@@H](NC(=O)OC(C)(C)C)C(C)C. The molecule has 0 aromatic heterocycles. The van der Waals surface area contributed by atoms with Crippen molar-refractivity contribution in [3.63, 3.8) is 0 Å². The van der Waals surface area contributed by atoms with E-state index in [0.717, 1.165) is 0 Å². The number of carbonyl (C=O) groups is 1. The van der Waals surface area contributed by atoms with E-state index in [4.69, 9.17) is 9.47 Å².